The van der Waals surface area contributed by atoms with Crippen LogP contribution >= 0.6 is 0 Å². The van der Waals surface area contributed by atoms with Gasteiger partial charge >= 0.3 is 12.1 Å². The minimum absolute atomic E-state index is 0.0180. The molecule has 0 aromatic carbocycles. The molecule has 8 heteroatoms. The second-order valence-electron chi connectivity index (χ2n) is 4.28. The molecule has 0 bridgehead atoms. The normalized spacial score (nSPS) is 12.8. The van der Waals surface area contributed by atoms with Gasteiger partial charge in [0, 0.05) is 6.54 Å². The molecule has 0 unspecified atom stereocenters. The molecule has 1 rings (SSSR count). The predicted octanol–water partition coefficient (Wildman–Crippen LogP) is 1.86. The summed E-state index contributed by atoms with van der Waals surface area (Å²) < 4.78 is 37.2. The fraction of sp³-hybridized carbons (Fsp3) is 0.417. The molecule has 0 fully saturated rings. The van der Waals surface area contributed by atoms with Crippen LogP contribution in [0.3, 0.4) is 0 Å². The van der Waals surface area contributed by atoms with Crippen LogP contribution in [-0.4, -0.2) is 28.5 Å². The number of nitrogens with one attached hydrogen (secondary N) is 1. The van der Waals surface area contributed by atoms with E-state index < -0.39 is 29.7 Å². The van der Waals surface area contributed by atoms with Crippen molar-refractivity contribution in [1.82, 2.24) is 10.3 Å². The predicted molar refractivity (Wildman–Crippen MR) is 63.1 cm³/mol. The summed E-state index contributed by atoms with van der Waals surface area (Å²) in [6.45, 7) is 2.57. The van der Waals surface area contributed by atoms with Crippen LogP contribution in [0.2, 0.25) is 0 Å². The van der Waals surface area contributed by atoms with Crippen molar-refractivity contribution in [2.75, 3.05) is 6.54 Å². The third-order valence-electron chi connectivity index (χ3n) is 2.61. The minimum atomic E-state index is -4.57. The molecule has 0 aliphatic heterocycles. The zero-order valence-corrected chi connectivity index (χ0v) is 10.8. The molecule has 1 heterocycles. The molecule has 20 heavy (non-hydrogen) atoms. The van der Waals surface area contributed by atoms with Gasteiger partial charge in [-0.3, -0.25) is 9.59 Å². The zero-order valence-electron chi connectivity index (χ0n) is 10.8. The third-order valence-corrected chi connectivity index (χ3v) is 2.61. The van der Waals surface area contributed by atoms with E-state index in [0.717, 1.165) is 6.07 Å². The van der Waals surface area contributed by atoms with Crippen LogP contribution in [0, 0.1) is 12.8 Å². The number of aryl methyl sites for hydroxylation is 1. The Balaban J connectivity index is 2.82. The second-order valence-corrected chi connectivity index (χ2v) is 4.28. The molecule has 2 N–H and O–H groups in total. The van der Waals surface area contributed by atoms with Gasteiger partial charge in [-0.1, -0.05) is 6.92 Å². The van der Waals surface area contributed by atoms with Crippen molar-refractivity contribution < 1.29 is 27.9 Å². The Labute approximate surface area is 112 Å². The maximum absolute atomic E-state index is 12.4. The van der Waals surface area contributed by atoms with Crippen molar-refractivity contribution in [2.45, 2.75) is 20.0 Å². The van der Waals surface area contributed by atoms with E-state index in [1.165, 1.54) is 13.8 Å². The molecule has 1 atom stereocenters. The summed E-state index contributed by atoms with van der Waals surface area (Å²) >= 11 is 0. The van der Waals surface area contributed by atoms with Gasteiger partial charge in [-0.05, 0) is 19.1 Å². The monoisotopic (exact) mass is 290 g/mol. The molecule has 1 amide bonds. The lowest BCUT2D eigenvalue weighted by atomic mass is 10.1. The Hall–Kier alpha value is -2.12. The Morgan fingerprint density at radius 1 is 1.40 bits per heavy atom. The quantitative estimate of drug-likeness (QED) is 0.887. The Morgan fingerprint density at radius 3 is 2.45 bits per heavy atom. The number of aliphatic carboxylic acids is 1. The summed E-state index contributed by atoms with van der Waals surface area (Å²) in [5.74, 6) is -2.52. The van der Waals surface area contributed by atoms with Gasteiger partial charge in [0.15, 0.2) is 0 Å². The van der Waals surface area contributed by atoms with Gasteiger partial charge < -0.3 is 10.4 Å². The number of hydrogen-bond acceptors (Lipinski definition) is 3. The van der Waals surface area contributed by atoms with Gasteiger partial charge in [0.25, 0.3) is 5.91 Å². The number of aromatic nitrogens is 1. The number of amides is 1. The van der Waals surface area contributed by atoms with E-state index in [4.69, 9.17) is 5.11 Å². The van der Waals surface area contributed by atoms with Crippen molar-refractivity contribution in [3.05, 3.63) is 29.1 Å². The van der Waals surface area contributed by atoms with Gasteiger partial charge in [0.05, 0.1) is 17.2 Å². The van der Waals surface area contributed by atoms with Gasteiger partial charge in [-0.25, -0.2) is 4.98 Å². The highest BCUT2D eigenvalue weighted by Crippen LogP contribution is 2.28. The molecule has 0 saturated carbocycles. The van der Waals surface area contributed by atoms with Crippen LogP contribution in [-0.2, 0) is 11.0 Å². The third kappa shape index (κ3) is 3.94. The first-order chi connectivity index (χ1) is 9.12. The molecule has 0 radical (unpaired) electrons. The summed E-state index contributed by atoms with van der Waals surface area (Å²) in [4.78, 5) is 25.6. The van der Waals surface area contributed by atoms with Crippen molar-refractivity contribution in [1.29, 1.82) is 0 Å². The lowest BCUT2D eigenvalue weighted by Crippen LogP contribution is -2.32. The molecule has 0 spiro atoms. The van der Waals surface area contributed by atoms with Crippen LogP contribution in [0.4, 0.5) is 13.2 Å². The molecule has 1 aromatic rings. The largest absolute Gasteiger partial charge is 0.481 e. The average Bonchev–Trinajstić information content (AvgIpc) is 2.34. The number of halogens is 3. The second kappa shape index (κ2) is 5.89. The highest BCUT2D eigenvalue weighted by molar-refractivity contribution is 5.95. The Bertz CT molecular complexity index is 529. The molecule has 0 saturated heterocycles. The molecular weight excluding hydrogens is 277 g/mol. The molecule has 1 aromatic heterocycles. The highest BCUT2D eigenvalue weighted by atomic mass is 19.4. The van der Waals surface area contributed by atoms with Gasteiger partial charge in [0.2, 0.25) is 0 Å². The number of carboxylic acids is 1. The van der Waals surface area contributed by atoms with E-state index in [0.29, 0.717) is 6.07 Å². The van der Waals surface area contributed by atoms with E-state index in [1.54, 1.807) is 0 Å². The molecule has 0 aliphatic carbocycles. The zero-order chi connectivity index (χ0) is 15.5. The van der Waals surface area contributed by atoms with Crippen molar-refractivity contribution in [3.8, 4) is 0 Å². The van der Waals surface area contributed by atoms with E-state index in [-0.39, 0.29) is 17.8 Å². The van der Waals surface area contributed by atoms with Crippen LogP contribution < -0.4 is 5.32 Å². The van der Waals surface area contributed by atoms with E-state index in [2.05, 4.69) is 10.3 Å². The molecular formula is C12H13F3N2O3. The topological polar surface area (TPSA) is 79.3 Å². The minimum Gasteiger partial charge on any atom is -0.481 e. The highest BCUT2D eigenvalue weighted by Gasteiger charge is 2.33. The Kier molecular flexibility index (Phi) is 4.69. The fourth-order valence-electron chi connectivity index (χ4n) is 1.39. The number of alkyl halides is 3. The van der Waals surface area contributed by atoms with Gasteiger partial charge in [-0.15, -0.1) is 0 Å². The average molecular weight is 290 g/mol. The number of carbonyl (C=O) groups is 2. The van der Waals surface area contributed by atoms with Crippen LogP contribution in [0.1, 0.15) is 28.7 Å². The van der Waals surface area contributed by atoms with Crippen LogP contribution in [0.5, 0.6) is 0 Å². The fourth-order valence-corrected chi connectivity index (χ4v) is 1.39. The number of pyridine rings is 1. The van der Waals surface area contributed by atoms with E-state index in [9.17, 15) is 22.8 Å². The smallest absolute Gasteiger partial charge is 0.433 e. The summed E-state index contributed by atoms with van der Waals surface area (Å²) in [7, 11) is 0. The first kappa shape index (κ1) is 15.9. The number of rotatable bonds is 4. The lowest BCUT2D eigenvalue weighted by molar-refractivity contribution is -0.142. The molecule has 0 aliphatic rings. The van der Waals surface area contributed by atoms with Crippen molar-refractivity contribution >= 4 is 11.9 Å². The Morgan fingerprint density at radius 2 is 2.00 bits per heavy atom. The van der Waals surface area contributed by atoms with Gasteiger partial charge in [-0.2, -0.15) is 13.2 Å². The first-order valence-electron chi connectivity index (χ1n) is 5.68. The molecule has 110 valence electrons. The number of carboxylic acid groups (broad SMARTS) is 1. The number of carbonyl (C=O) groups excluding carboxylic acids is 1. The van der Waals surface area contributed by atoms with Gasteiger partial charge in [0.1, 0.15) is 5.69 Å². The van der Waals surface area contributed by atoms with Crippen LogP contribution in [0.15, 0.2) is 12.1 Å². The van der Waals surface area contributed by atoms with E-state index >= 15 is 0 Å². The van der Waals surface area contributed by atoms with E-state index in [1.807, 2.05) is 0 Å². The SMILES string of the molecule is Cc1nc(C(F)(F)F)ccc1C(=O)NC[C@@H](C)C(=O)O. The van der Waals surface area contributed by atoms with Crippen molar-refractivity contribution in [2.24, 2.45) is 5.92 Å². The van der Waals surface area contributed by atoms with Crippen LogP contribution in [0.25, 0.3) is 0 Å². The summed E-state index contributed by atoms with van der Waals surface area (Å²) in [5, 5.41) is 11.0. The lowest BCUT2D eigenvalue weighted by Gasteiger charge is -2.11. The van der Waals surface area contributed by atoms with Crippen molar-refractivity contribution in [3.63, 3.8) is 0 Å². The maximum Gasteiger partial charge on any atom is 0.433 e. The summed E-state index contributed by atoms with van der Waals surface area (Å²) in [5.41, 5.74) is -1.17. The maximum atomic E-state index is 12.4. The summed E-state index contributed by atoms with van der Waals surface area (Å²) in [6, 6.07) is 1.73. The first-order valence-corrected chi connectivity index (χ1v) is 5.68. The standard InChI is InChI=1S/C12H13F3N2O3/c1-6(11(19)20)5-16-10(18)8-3-4-9(12(13,14)15)17-7(8)2/h3-4,6H,5H2,1-2H3,(H,16,18)(H,19,20)/t6-/m1/s1. The number of hydrogen-bond donors (Lipinski definition) is 2. The molecule has 5 nitrogen and oxygen atoms in total. The summed E-state index contributed by atoms with van der Waals surface area (Å²) in [6.07, 6.45) is -4.57. The number of nitrogens with zero attached hydrogens (tertiary/aromatic N) is 1.